The summed E-state index contributed by atoms with van der Waals surface area (Å²) >= 11 is 0. The van der Waals surface area contributed by atoms with Gasteiger partial charge in [-0.3, -0.25) is 0 Å². The fourth-order valence-corrected chi connectivity index (χ4v) is 7.21. The molecular weight excluding hydrogens is 544 g/mol. The fourth-order valence-electron chi connectivity index (χ4n) is 7.21. The minimum Gasteiger partial charge on any atom is -0.343 e. The van der Waals surface area contributed by atoms with Crippen LogP contribution in [0.4, 0.5) is 17.1 Å². The van der Waals surface area contributed by atoms with E-state index in [0.717, 1.165) is 17.1 Å². The number of rotatable bonds is 4. The molecule has 2 heteroatoms. The molecule has 2 nitrogen and oxygen atoms in total. The van der Waals surface area contributed by atoms with Gasteiger partial charge < -0.3 is 9.47 Å². The first-order valence-electron chi connectivity index (χ1n) is 15.5. The summed E-state index contributed by atoms with van der Waals surface area (Å²) in [5.74, 6) is 0. The van der Waals surface area contributed by atoms with E-state index in [9.17, 15) is 0 Å². The Hall–Kier alpha value is -5.86. The van der Waals surface area contributed by atoms with E-state index >= 15 is 0 Å². The van der Waals surface area contributed by atoms with Gasteiger partial charge in [-0.2, -0.15) is 0 Å². The van der Waals surface area contributed by atoms with E-state index in [0.29, 0.717) is 0 Å². The van der Waals surface area contributed by atoms with E-state index in [1.54, 1.807) is 0 Å². The molecule has 0 fully saturated rings. The van der Waals surface area contributed by atoms with Gasteiger partial charge in [0.05, 0.1) is 5.52 Å². The molecule has 0 radical (unpaired) electrons. The number of nitrogens with zero attached hydrogens (tertiary/aromatic N) is 2. The van der Waals surface area contributed by atoms with E-state index in [1.165, 1.54) is 65.3 Å². The van der Waals surface area contributed by atoms with Gasteiger partial charge in [-0.15, -0.1) is 0 Å². The number of fused-ring (bicyclic) bond motifs is 9. The normalized spacial score (nSPS) is 11.7. The van der Waals surface area contributed by atoms with E-state index in [1.807, 2.05) is 0 Å². The van der Waals surface area contributed by atoms with Crippen LogP contribution < -0.4 is 4.90 Å². The Morgan fingerprint density at radius 2 is 0.978 bits per heavy atom. The molecule has 0 bridgehead atoms. The zero-order valence-electron chi connectivity index (χ0n) is 25.0. The minimum absolute atomic E-state index is 1.13. The van der Waals surface area contributed by atoms with Gasteiger partial charge in [-0.1, -0.05) is 121 Å². The second-order valence-electron chi connectivity index (χ2n) is 11.9. The summed E-state index contributed by atoms with van der Waals surface area (Å²) in [6.45, 7) is 0. The van der Waals surface area contributed by atoms with E-state index < -0.39 is 0 Å². The average Bonchev–Trinajstić information content (AvgIpc) is 3.41. The molecule has 8 aromatic carbocycles. The first kappa shape index (κ1) is 25.6. The lowest BCUT2D eigenvalue weighted by Crippen LogP contribution is -2.09. The predicted octanol–water partition coefficient (Wildman–Crippen LogP) is 11.9. The first-order chi connectivity index (χ1) is 22.2. The topological polar surface area (TPSA) is 8.17 Å². The number of benzene rings is 8. The zero-order valence-corrected chi connectivity index (χ0v) is 25.0. The van der Waals surface area contributed by atoms with Gasteiger partial charge >= 0.3 is 0 Å². The highest BCUT2D eigenvalue weighted by Crippen LogP contribution is 2.42. The number of hydrogen-bond acceptors (Lipinski definition) is 1. The molecule has 0 saturated carbocycles. The quantitative estimate of drug-likeness (QED) is 0.190. The Labute approximate surface area is 262 Å². The molecule has 9 aromatic rings. The molecule has 9 rings (SSSR count). The van der Waals surface area contributed by atoms with Crippen LogP contribution in [0.5, 0.6) is 0 Å². The summed E-state index contributed by atoms with van der Waals surface area (Å²) in [7, 11) is 2.21. The maximum atomic E-state index is 2.38. The van der Waals surface area contributed by atoms with Crippen LogP contribution >= 0.6 is 0 Å². The van der Waals surface area contributed by atoms with Gasteiger partial charge in [0.1, 0.15) is 0 Å². The molecule has 0 aliphatic rings. The number of aromatic nitrogens is 1. The molecule has 212 valence electrons. The highest BCUT2D eigenvalue weighted by Gasteiger charge is 2.17. The van der Waals surface area contributed by atoms with E-state index in [-0.39, 0.29) is 0 Å². The third-order valence-corrected chi connectivity index (χ3v) is 9.33. The largest absolute Gasteiger partial charge is 0.343 e. The second kappa shape index (κ2) is 10.1. The minimum atomic E-state index is 1.13. The second-order valence-corrected chi connectivity index (χ2v) is 11.9. The Morgan fingerprint density at radius 1 is 0.400 bits per heavy atom. The highest BCUT2D eigenvalue weighted by molar-refractivity contribution is 6.31. The van der Waals surface area contributed by atoms with Crippen LogP contribution in [0.25, 0.3) is 65.3 Å². The molecule has 45 heavy (non-hydrogen) atoms. The van der Waals surface area contributed by atoms with Crippen molar-refractivity contribution >= 4 is 71.2 Å². The van der Waals surface area contributed by atoms with Crippen LogP contribution in [0.3, 0.4) is 0 Å². The van der Waals surface area contributed by atoms with Crippen molar-refractivity contribution in [3.8, 4) is 11.1 Å². The van der Waals surface area contributed by atoms with Crippen LogP contribution in [0.15, 0.2) is 164 Å². The standard InChI is InChI=1S/C43H30N2/c1-44-41-28-32(22-26-40(41)42-38-17-9-7-15-36(38)37-16-8-10-18-39(37)43(42)44)30-19-23-34(24-20-30)45(33-13-3-2-4-14-33)35-25-21-29-11-5-6-12-31(29)27-35/h2-28H,1H3. The Bertz CT molecular complexity index is 2540. The maximum absolute atomic E-state index is 2.38. The molecule has 0 spiro atoms. The lowest BCUT2D eigenvalue weighted by atomic mass is 9.96. The lowest BCUT2D eigenvalue weighted by molar-refractivity contribution is 1.02. The molecule has 0 aliphatic heterocycles. The van der Waals surface area contributed by atoms with Gasteiger partial charge in [-0.05, 0) is 80.5 Å². The smallest absolute Gasteiger partial charge is 0.0574 e. The van der Waals surface area contributed by atoms with Crippen molar-refractivity contribution in [2.45, 2.75) is 0 Å². The molecule has 1 heterocycles. The van der Waals surface area contributed by atoms with Gasteiger partial charge in [0.25, 0.3) is 0 Å². The van der Waals surface area contributed by atoms with Crippen molar-refractivity contribution < 1.29 is 0 Å². The summed E-state index contributed by atoms with van der Waals surface area (Å²) in [6.07, 6.45) is 0. The first-order valence-corrected chi connectivity index (χ1v) is 15.5. The predicted molar refractivity (Wildman–Crippen MR) is 193 cm³/mol. The number of hydrogen-bond donors (Lipinski definition) is 0. The molecule has 0 N–H and O–H groups in total. The van der Waals surface area contributed by atoms with Crippen LogP contribution in [-0.4, -0.2) is 4.57 Å². The lowest BCUT2D eigenvalue weighted by Gasteiger charge is -2.26. The maximum Gasteiger partial charge on any atom is 0.0574 e. The molecule has 0 amide bonds. The Kier molecular flexibility index (Phi) is 5.76. The number of aryl methyl sites for hydroxylation is 1. The molecule has 0 unspecified atom stereocenters. The summed E-state index contributed by atoms with van der Waals surface area (Å²) in [5.41, 5.74) is 8.36. The summed E-state index contributed by atoms with van der Waals surface area (Å²) in [5, 5.41) is 10.3. The van der Waals surface area contributed by atoms with Crippen LogP contribution in [0.1, 0.15) is 0 Å². The van der Waals surface area contributed by atoms with E-state index in [4.69, 9.17) is 0 Å². The summed E-state index contributed by atoms with van der Waals surface area (Å²) in [4.78, 5) is 2.33. The molecule has 0 atom stereocenters. The molecule has 0 saturated heterocycles. The van der Waals surface area contributed by atoms with Gasteiger partial charge in [0, 0.05) is 45.8 Å². The van der Waals surface area contributed by atoms with Crippen molar-refractivity contribution in [2.24, 2.45) is 7.05 Å². The highest BCUT2D eigenvalue weighted by atomic mass is 15.1. The van der Waals surface area contributed by atoms with Crippen molar-refractivity contribution in [3.05, 3.63) is 164 Å². The van der Waals surface area contributed by atoms with Crippen molar-refractivity contribution in [1.29, 1.82) is 0 Å². The molecule has 1 aromatic heterocycles. The van der Waals surface area contributed by atoms with Gasteiger partial charge in [-0.25, -0.2) is 0 Å². The van der Waals surface area contributed by atoms with Gasteiger partial charge in [0.2, 0.25) is 0 Å². The van der Waals surface area contributed by atoms with Crippen molar-refractivity contribution in [1.82, 2.24) is 4.57 Å². The monoisotopic (exact) mass is 574 g/mol. The summed E-state index contributed by atoms with van der Waals surface area (Å²) in [6, 6.07) is 59.4. The van der Waals surface area contributed by atoms with E-state index in [2.05, 4.69) is 180 Å². The van der Waals surface area contributed by atoms with Crippen molar-refractivity contribution in [2.75, 3.05) is 4.90 Å². The Morgan fingerprint density at radius 3 is 1.76 bits per heavy atom. The molecule has 0 aliphatic carbocycles. The molecular formula is C43H30N2. The Balaban J connectivity index is 1.18. The average molecular weight is 575 g/mol. The SMILES string of the molecule is Cn1c2cc(-c3ccc(N(c4ccccc4)c4ccc5ccccc5c4)cc3)ccc2c2c3ccccc3c3ccccc3c21. The van der Waals surface area contributed by atoms with Crippen LogP contribution in [-0.2, 0) is 7.05 Å². The zero-order chi connectivity index (χ0) is 29.9. The number of para-hydroxylation sites is 1. The van der Waals surface area contributed by atoms with Crippen LogP contribution in [0, 0.1) is 0 Å². The van der Waals surface area contributed by atoms with Crippen molar-refractivity contribution in [3.63, 3.8) is 0 Å². The summed E-state index contributed by atoms with van der Waals surface area (Å²) < 4.78 is 2.38. The fraction of sp³-hybridized carbons (Fsp3) is 0.0233. The van der Waals surface area contributed by atoms with Gasteiger partial charge in [0.15, 0.2) is 0 Å². The third kappa shape index (κ3) is 4.03. The van der Waals surface area contributed by atoms with Crippen LogP contribution in [0.2, 0.25) is 0 Å². The number of anilines is 3. The third-order valence-electron chi connectivity index (χ3n) is 9.33.